The predicted molar refractivity (Wildman–Crippen MR) is 107 cm³/mol. The number of halogens is 1. The highest BCUT2D eigenvalue weighted by Crippen LogP contribution is 2.33. The third kappa shape index (κ3) is 6.45. The lowest BCUT2D eigenvalue weighted by molar-refractivity contribution is -0.145. The van der Waals surface area contributed by atoms with Crippen LogP contribution in [-0.4, -0.2) is 36.3 Å². The first-order valence-corrected chi connectivity index (χ1v) is 9.83. The summed E-state index contributed by atoms with van der Waals surface area (Å²) in [6, 6.07) is 10.6. The lowest BCUT2D eigenvalue weighted by Gasteiger charge is -2.12. The molecule has 0 saturated heterocycles. The third-order valence-electron chi connectivity index (χ3n) is 3.77. The number of thioether (sulfide) groups is 1. The van der Waals surface area contributed by atoms with Crippen LogP contribution in [0.25, 0.3) is 10.8 Å². The Morgan fingerprint density at radius 2 is 1.89 bits per heavy atom. The van der Waals surface area contributed by atoms with Crippen molar-refractivity contribution in [2.45, 2.75) is 31.2 Å². The molecule has 0 radical (unpaired) electrons. The molecule has 0 saturated carbocycles. The van der Waals surface area contributed by atoms with Gasteiger partial charge in [0.05, 0.1) is 5.75 Å². The molecule has 0 unspecified atom stereocenters. The normalized spacial score (nSPS) is 11.7. The van der Waals surface area contributed by atoms with Crippen molar-refractivity contribution in [1.82, 2.24) is 10.6 Å². The maximum absolute atomic E-state index is 11.9. The van der Waals surface area contributed by atoms with E-state index in [4.69, 9.17) is 16.3 Å². The molecule has 8 heteroatoms. The zero-order valence-electron chi connectivity index (χ0n) is 15.1. The Labute approximate surface area is 167 Å². The van der Waals surface area contributed by atoms with Gasteiger partial charge in [-0.15, -0.1) is 11.8 Å². The van der Waals surface area contributed by atoms with Crippen molar-refractivity contribution in [3.63, 3.8) is 0 Å². The number of fused-ring (bicyclic) bond motifs is 1. The smallest absolute Gasteiger partial charge is 0.321 e. The van der Waals surface area contributed by atoms with Crippen molar-refractivity contribution in [3.8, 4) is 0 Å². The summed E-state index contributed by atoms with van der Waals surface area (Å²) in [4.78, 5) is 35.9. The number of hydrogen-bond acceptors (Lipinski definition) is 5. The Bertz CT molecular complexity index is 838. The second-order valence-corrected chi connectivity index (χ2v) is 7.30. The Hall–Kier alpha value is -2.25. The van der Waals surface area contributed by atoms with Crippen LogP contribution in [0.3, 0.4) is 0 Å². The van der Waals surface area contributed by atoms with E-state index in [0.29, 0.717) is 5.02 Å². The fourth-order valence-corrected chi connectivity index (χ4v) is 3.47. The monoisotopic (exact) mass is 408 g/mol. The van der Waals surface area contributed by atoms with Crippen molar-refractivity contribution < 1.29 is 19.1 Å². The Kier molecular flexibility index (Phi) is 7.94. The summed E-state index contributed by atoms with van der Waals surface area (Å²) >= 11 is 7.53. The summed E-state index contributed by atoms with van der Waals surface area (Å²) < 4.78 is 4.92. The van der Waals surface area contributed by atoms with E-state index in [2.05, 4.69) is 10.6 Å². The van der Waals surface area contributed by atoms with E-state index >= 15 is 0 Å². The van der Waals surface area contributed by atoms with E-state index in [1.807, 2.05) is 44.2 Å². The van der Waals surface area contributed by atoms with Crippen LogP contribution >= 0.6 is 23.4 Å². The van der Waals surface area contributed by atoms with Crippen LogP contribution in [0.4, 0.5) is 4.79 Å². The number of esters is 1. The summed E-state index contributed by atoms with van der Waals surface area (Å²) in [7, 11) is 0. The number of imide groups is 1. The average Bonchev–Trinajstić information content (AvgIpc) is 2.64. The molecule has 2 aromatic carbocycles. The van der Waals surface area contributed by atoms with Gasteiger partial charge in [0.1, 0.15) is 0 Å². The molecular formula is C19H21ClN2O4S. The first kappa shape index (κ1) is 21.1. The molecular weight excluding hydrogens is 388 g/mol. The van der Waals surface area contributed by atoms with Gasteiger partial charge in [-0.3, -0.25) is 14.9 Å². The van der Waals surface area contributed by atoms with Crippen molar-refractivity contribution in [2.75, 3.05) is 12.4 Å². The van der Waals surface area contributed by atoms with Gasteiger partial charge in [-0.25, -0.2) is 4.79 Å². The van der Waals surface area contributed by atoms with Crippen LogP contribution in [0, 0.1) is 0 Å². The van der Waals surface area contributed by atoms with E-state index in [-0.39, 0.29) is 11.8 Å². The van der Waals surface area contributed by atoms with E-state index in [1.54, 1.807) is 6.07 Å². The highest BCUT2D eigenvalue weighted by molar-refractivity contribution is 8.00. The van der Waals surface area contributed by atoms with E-state index in [9.17, 15) is 14.4 Å². The van der Waals surface area contributed by atoms with Crippen LogP contribution in [0.5, 0.6) is 0 Å². The Morgan fingerprint density at radius 3 is 2.59 bits per heavy atom. The van der Waals surface area contributed by atoms with Crippen LogP contribution < -0.4 is 10.6 Å². The Morgan fingerprint density at radius 1 is 1.19 bits per heavy atom. The zero-order chi connectivity index (χ0) is 19.8. The van der Waals surface area contributed by atoms with Gasteiger partial charge >= 0.3 is 12.0 Å². The van der Waals surface area contributed by atoms with Gasteiger partial charge in [-0.1, -0.05) is 42.8 Å². The standard InChI is InChI=1S/C19H21ClN2O4S/c1-3-12(2)21-19(25)22-16(23)10-26-17(24)11-27-15-9-5-7-13-6-4-8-14(20)18(13)15/h4-9,12H,3,10-11H2,1-2H3,(H2,21,22,23,25)/t12-/m1/s1. The minimum atomic E-state index is -0.678. The molecule has 6 nitrogen and oxygen atoms in total. The molecule has 0 aromatic heterocycles. The number of carbonyl (C=O) groups is 3. The van der Waals surface area contributed by atoms with Gasteiger partial charge in [-0.05, 0) is 30.9 Å². The first-order valence-electron chi connectivity index (χ1n) is 8.46. The molecule has 144 valence electrons. The lowest BCUT2D eigenvalue weighted by atomic mass is 10.1. The average molecular weight is 409 g/mol. The van der Waals surface area contributed by atoms with Crippen molar-refractivity contribution in [1.29, 1.82) is 0 Å². The number of benzene rings is 2. The summed E-state index contributed by atoms with van der Waals surface area (Å²) in [5, 5.41) is 7.16. The topological polar surface area (TPSA) is 84.5 Å². The largest absolute Gasteiger partial charge is 0.455 e. The van der Waals surface area contributed by atoms with E-state index in [0.717, 1.165) is 22.1 Å². The zero-order valence-corrected chi connectivity index (χ0v) is 16.7. The highest BCUT2D eigenvalue weighted by Gasteiger charge is 2.13. The molecule has 0 aliphatic rings. The fourth-order valence-electron chi connectivity index (χ4n) is 2.23. The van der Waals surface area contributed by atoms with Crippen molar-refractivity contribution >= 4 is 52.0 Å². The number of ether oxygens (including phenoxy) is 1. The maximum Gasteiger partial charge on any atom is 0.321 e. The number of urea groups is 1. The lowest BCUT2D eigenvalue weighted by Crippen LogP contribution is -2.44. The van der Waals surface area contributed by atoms with Crippen LogP contribution in [0.1, 0.15) is 20.3 Å². The second-order valence-electron chi connectivity index (χ2n) is 5.87. The molecule has 27 heavy (non-hydrogen) atoms. The SMILES string of the molecule is CC[C@@H](C)NC(=O)NC(=O)COC(=O)CSc1cccc2cccc(Cl)c12. The van der Waals surface area contributed by atoms with E-state index < -0.39 is 24.5 Å². The molecule has 2 N–H and O–H groups in total. The molecule has 0 aliphatic carbocycles. The molecule has 0 fully saturated rings. The maximum atomic E-state index is 11.9. The van der Waals surface area contributed by atoms with Gasteiger partial charge in [0.25, 0.3) is 5.91 Å². The summed E-state index contributed by atoms with van der Waals surface area (Å²) in [6.45, 7) is 3.22. The minimum absolute atomic E-state index is 0.0245. The third-order valence-corrected chi connectivity index (χ3v) is 5.11. The predicted octanol–water partition coefficient (Wildman–Crippen LogP) is 3.75. The first-order chi connectivity index (χ1) is 12.9. The molecule has 0 bridgehead atoms. The fraction of sp³-hybridized carbons (Fsp3) is 0.316. The summed E-state index contributed by atoms with van der Waals surface area (Å²) in [5.74, 6) is -1.21. The number of amides is 3. The van der Waals surface area contributed by atoms with Gasteiger partial charge < -0.3 is 10.1 Å². The van der Waals surface area contributed by atoms with Crippen molar-refractivity contribution in [2.24, 2.45) is 0 Å². The van der Waals surface area contributed by atoms with Gasteiger partial charge in [0, 0.05) is 21.3 Å². The van der Waals surface area contributed by atoms with E-state index in [1.165, 1.54) is 11.8 Å². The second kappa shape index (κ2) is 10.2. The summed E-state index contributed by atoms with van der Waals surface area (Å²) in [5.41, 5.74) is 0. The molecule has 2 aromatic rings. The molecule has 0 spiro atoms. The summed E-state index contributed by atoms with van der Waals surface area (Å²) in [6.07, 6.45) is 0.742. The molecule has 1 atom stereocenters. The van der Waals surface area contributed by atoms with Gasteiger partial charge in [0.15, 0.2) is 6.61 Å². The number of nitrogens with one attached hydrogen (secondary N) is 2. The molecule has 3 amide bonds. The quantitative estimate of drug-likeness (QED) is 0.538. The molecule has 2 rings (SSSR count). The van der Waals surface area contributed by atoms with Gasteiger partial charge in [0.2, 0.25) is 0 Å². The van der Waals surface area contributed by atoms with Crippen LogP contribution in [0.15, 0.2) is 41.3 Å². The van der Waals surface area contributed by atoms with Crippen molar-refractivity contribution in [3.05, 3.63) is 41.4 Å². The number of carbonyl (C=O) groups excluding carboxylic acids is 3. The van der Waals surface area contributed by atoms with Crippen LogP contribution in [-0.2, 0) is 14.3 Å². The highest BCUT2D eigenvalue weighted by atomic mass is 35.5. The Balaban J connectivity index is 1.82. The minimum Gasteiger partial charge on any atom is -0.455 e. The number of hydrogen-bond donors (Lipinski definition) is 2. The van der Waals surface area contributed by atoms with Gasteiger partial charge in [-0.2, -0.15) is 0 Å². The number of rotatable bonds is 7. The molecule has 0 heterocycles. The molecule has 0 aliphatic heterocycles. The van der Waals surface area contributed by atoms with Crippen LogP contribution in [0.2, 0.25) is 5.02 Å².